The topological polar surface area (TPSA) is 66.5 Å². The molecule has 0 saturated heterocycles. The molecule has 1 aliphatic heterocycles. The highest BCUT2D eigenvalue weighted by Gasteiger charge is 2.23. The van der Waals surface area contributed by atoms with E-state index in [0.717, 1.165) is 23.2 Å². The van der Waals surface area contributed by atoms with Gasteiger partial charge in [-0.05, 0) is 23.6 Å². The van der Waals surface area contributed by atoms with E-state index in [1.54, 1.807) is 17.0 Å². The predicted octanol–water partition coefficient (Wildman–Crippen LogP) is 2.09. The first kappa shape index (κ1) is 16.7. The van der Waals surface area contributed by atoms with Crippen LogP contribution in [0.2, 0.25) is 0 Å². The fourth-order valence-electron chi connectivity index (χ4n) is 2.90. The Morgan fingerprint density at radius 2 is 1.67 bits per heavy atom. The van der Waals surface area contributed by atoms with Gasteiger partial charge in [-0.25, -0.2) is 13.1 Å². The number of benzene rings is 2. The van der Waals surface area contributed by atoms with Crippen LogP contribution in [0.1, 0.15) is 17.5 Å². The fourth-order valence-corrected chi connectivity index (χ4v) is 4.03. The molecule has 5 nitrogen and oxygen atoms in total. The molecule has 0 spiro atoms. The number of sulfonamides is 1. The van der Waals surface area contributed by atoms with Gasteiger partial charge in [0, 0.05) is 25.2 Å². The maximum atomic E-state index is 12.2. The number of hydrogen-bond acceptors (Lipinski definition) is 3. The van der Waals surface area contributed by atoms with Crippen molar-refractivity contribution < 1.29 is 13.2 Å². The molecular formula is C18H20N2O3S. The number of nitrogens with one attached hydrogen (secondary N) is 1. The van der Waals surface area contributed by atoms with Crippen molar-refractivity contribution in [2.24, 2.45) is 0 Å². The number of rotatable bonds is 6. The van der Waals surface area contributed by atoms with Crippen LogP contribution in [0, 0.1) is 0 Å². The summed E-state index contributed by atoms with van der Waals surface area (Å²) in [6.45, 7) is 0.541. The van der Waals surface area contributed by atoms with Gasteiger partial charge in [0.05, 0.1) is 5.75 Å². The van der Waals surface area contributed by atoms with Crippen LogP contribution in [-0.4, -0.2) is 27.4 Å². The summed E-state index contributed by atoms with van der Waals surface area (Å²) < 4.78 is 26.9. The summed E-state index contributed by atoms with van der Waals surface area (Å²) in [7, 11) is -3.42. The Kier molecular flexibility index (Phi) is 4.97. The second kappa shape index (κ2) is 7.15. The van der Waals surface area contributed by atoms with Crippen molar-refractivity contribution in [3.63, 3.8) is 0 Å². The highest BCUT2D eigenvalue weighted by molar-refractivity contribution is 7.88. The van der Waals surface area contributed by atoms with Crippen molar-refractivity contribution in [2.45, 2.75) is 18.6 Å². The summed E-state index contributed by atoms with van der Waals surface area (Å²) in [5.41, 5.74) is 2.75. The van der Waals surface area contributed by atoms with Gasteiger partial charge in [0.2, 0.25) is 15.9 Å². The lowest BCUT2D eigenvalue weighted by molar-refractivity contribution is -0.118. The van der Waals surface area contributed by atoms with E-state index in [0.29, 0.717) is 13.0 Å². The van der Waals surface area contributed by atoms with Gasteiger partial charge in [-0.2, -0.15) is 0 Å². The van der Waals surface area contributed by atoms with E-state index in [9.17, 15) is 13.2 Å². The number of amides is 1. The zero-order valence-electron chi connectivity index (χ0n) is 13.3. The molecule has 2 aromatic rings. The van der Waals surface area contributed by atoms with Crippen molar-refractivity contribution in [1.82, 2.24) is 4.72 Å². The molecule has 0 aliphatic carbocycles. The molecule has 1 aliphatic rings. The number of aryl methyl sites for hydroxylation is 1. The zero-order chi connectivity index (χ0) is 17.0. The van der Waals surface area contributed by atoms with Crippen LogP contribution in [0.3, 0.4) is 0 Å². The van der Waals surface area contributed by atoms with Crippen molar-refractivity contribution in [1.29, 1.82) is 0 Å². The Labute approximate surface area is 142 Å². The highest BCUT2D eigenvalue weighted by atomic mass is 32.2. The molecule has 0 aromatic heterocycles. The lowest BCUT2D eigenvalue weighted by Gasteiger charge is -2.29. The number of fused-ring (bicyclic) bond motifs is 1. The zero-order valence-corrected chi connectivity index (χ0v) is 14.1. The standard InChI is InChI=1S/C18H20N2O3S/c21-18-11-10-16-8-4-5-9-17(16)20(18)13-12-19-24(22,23)14-15-6-2-1-3-7-15/h1-9,19H,10-14H2. The molecule has 0 atom stereocenters. The molecule has 0 radical (unpaired) electrons. The number of para-hydroxylation sites is 1. The normalized spacial score (nSPS) is 14.5. The smallest absolute Gasteiger partial charge is 0.227 e. The molecule has 0 saturated carbocycles. The molecule has 1 heterocycles. The molecule has 24 heavy (non-hydrogen) atoms. The summed E-state index contributed by atoms with van der Waals surface area (Å²) in [5.74, 6) is -0.0192. The first-order chi connectivity index (χ1) is 11.6. The number of carbonyl (C=O) groups is 1. The Bertz CT molecular complexity index is 819. The SMILES string of the molecule is O=C1CCc2ccccc2N1CCNS(=O)(=O)Cc1ccccc1. The molecule has 0 bridgehead atoms. The molecule has 2 aromatic carbocycles. The van der Waals surface area contributed by atoms with Gasteiger partial charge in [-0.15, -0.1) is 0 Å². The fraction of sp³-hybridized carbons (Fsp3) is 0.278. The summed E-state index contributed by atoms with van der Waals surface area (Å²) in [6.07, 6.45) is 1.21. The van der Waals surface area contributed by atoms with Crippen molar-refractivity contribution in [3.8, 4) is 0 Å². The number of carbonyl (C=O) groups excluding carboxylic acids is 1. The maximum absolute atomic E-state index is 12.2. The molecule has 0 unspecified atom stereocenters. The van der Waals surface area contributed by atoms with Crippen LogP contribution in [0.15, 0.2) is 54.6 Å². The largest absolute Gasteiger partial charge is 0.311 e. The summed E-state index contributed by atoms with van der Waals surface area (Å²) >= 11 is 0. The Hall–Kier alpha value is -2.18. The van der Waals surface area contributed by atoms with Crippen molar-refractivity contribution in [3.05, 3.63) is 65.7 Å². The average Bonchev–Trinajstić information content (AvgIpc) is 2.57. The summed E-state index contributed by atoms with van der Waals surface area (Å²) in [5, 5.41) is 0. The van der Waals surface area contributed by atoms with Crippen LogP contribution in [0.5, 0.6) is 0 Å². The van der Waals surface area contributed by atoms with Gasteiger partial charge >= 0.3 is 0 Å². The van der Waals surface area contributed by atoms with Gasteiger partial charge in [0.25, 0.3) is 0 Å². The molecule has 126 valence electrons. The molecule has 1 amide bonds. The number of hydrogen-bond donors (Lipinski definition) is 1. The van der Waals surface area contributed by atoms with E-state index in [2.05, 4.69) is 4.72 Å². The minimum Gasteiger partial charge on any atom is -0.311 e. The van der Waals surface area contributed by atoms with Gasteiger partial charge in [-0.1, -0.05) is 48.5 Å². The van der Waals surface area contributed by atoms with Crippen LogP contribution >= 0.6 is 0 Å². The third kappa shape index (κ3) is 4.01. The quantitative estimate of drug-likeness (QED) is 0.872. The number of anilines is 1. The monoisotopic (exact) mass is 344 g/mol. The van der Waals surface area contributed by atoms with E-state index >= 15 is 0 Å². The van der Waals surface area contributed by atoms with Gasteiger partial charge in [0.15, 0.2) is 0 Å². The Morgan fingerprint density at radius 1 is 0.958 bits per heavy atom. The predicted molar refractivity (Wildman–Crippen MR) is 94.2 cm³/mol. The van der Waals surface area contributed by atoms with Crippen LogP contribution in [0.25, 0.3) is 0 Å². The molecule has 1 N–H and O–H groups in total. The average molecular weight is 344 g/mol. The second-order valence-electron chi connectivity index (χ2n) is 5.81. The molecule has 6 heteroatoms. The van der Waals surface area contributed by atoms with E-state index < -0.39 is 10.0 Å². The second-order valence-corrected chi connectivity index (χ2v) is 7.62. The lowest BCUT2D eigenvalue weighted by atomic mass is 10.0. The van der Waals surface area contributed by atoms with Gasteiger partial charge < -0.3 is 4.90 Å². The Balaban J connectivity index is 1.61. The minimum absolute atomic E-state index is 0.0379. The third-order valence-electron chi connectivity index (χ3n) is 4.05. The molecule has 3 rings (SSSR count). The van der Waals surface area contributed by atoms with E-state index in [-0.39, 0.29) is 18.2 Å². The van der Waals surface area contributed by atoms with Crippen LogP contribution in [-0.2, 0) is 27.0 Å². The van der Waals surface area contributed by atoms with E-state index in [1.165, 1.54) is 0 Å². The van der Waals surface area contributed by atoms with Crippen molar-refractivity contribution >= 4 is 21.6 Å². The maximum Gasteiger partial charge on any atom is 0.227 e. The van der Waals surface area contributed by atoms with Crippen molar-refractivity contribution in [2.75, 3.05) is 18.0 Å². The van der Waals surface area contributed by atoms with Crippen LogP contribution < -0.4 is 9.62 Å². The van der Waals surface area contributed by atoms with E-state index in [1.807, 2.05) is 42.5 Å². The number of nitrogens with zero attached hydrogens (tertiary/aromatic N) is 1. The Morgan fingerprint density at radius 3 is 2.46 bits per heavy atom. The van der Waals surface area contributed by atoms with E-state index in [4.69, 9.17) is 0 Å². The van der Waals surface area contributed by atoms with Gasteiger partial charge in [-0.3, -0.25) is 4.79 Å². The first-order valence-electron chi connectivity index (χ1n) is 7.95. The highest BCUT2D eigenvalue weighted by Crippen LogP contribution is 2.26. The summed E-state index contributed by atoms with van der Waals surface area (Å²) in [6, 6.07) is 16.8. The van der Waals surface area contributed by atoms with Gasteiger partial charge in [0.1, 0.15) is 0 Å². The molecular weight excluding hydrogens is 324 g/mol. The first-order valence-corrected chi connectivity index (χ1v) is 9.60. The summed E-state index contributed by atoms with van der Waals surface area (Å²) in [4.78, 5) is 13.8. The third-order valence-corrected chi connectivity index (χ3v) is 5.41. The van der Waals surface area contributed by atoms with Crippen LogP contribution in [0.4, 0.5) is 5.69 Å². The lowest BCUT2D eigenvalue weighted by Crippen LogP contribution is -2.41. The minimum atomic E-state index is -3.42. The molecule has 0 fully saturated rings.